The highest BCUT2D eigenvalue weighted by molar-refractivity contribution is 5.94. The summed E-state index contributed by atoms with van der Waals surface area (Å²) < 4.78 is 5.72. The lowest BCUT2D eigenvalue weighted by Gasteiger charge is -2.15. The van der Waals surface area contributed by atoms with Crippen molar-refractivity contribution in [2.75, 3.05) is 6.61 Å². The lowest BCUT2D eigenvalue weighted by Crippen LogP contribution is -2.36. The van der Waals surface area contributed by atoms with E-state index in [9.17, 15) is 4.79 Å². The molecular weight excluding hydrogens is 322 g/mol. The van der Waals surface area contributed by atoms with Crippen molar-refractivity contribution in [3.05, 3.63) is 90.0 Å². The van der Waals surface area contributed by atoms with Gasteiger partial charge in [-0.3, -0.25) is 4.79 Å². The minimum absolute atomic E-state index is 0.0856. The molecule has 0 aliphatic heterocycles. The zero-order valence-electron chi connectivity index (χ0n) is 15.1. The summed E-state index contributed by atoms with van der Waals surface area (Å²) in [5.74, 6) is 0.716. The highest BCUT2D eigenvalue weighted by atomic mass is 16.5. The van der Waals surface area contributed by atoms with Gasteiger partial charge in [0.05, 0.1) is 6.04 Å². The predicted molar refractivity (Wildman–Crippen MR) is 105 cm³/mol. The van der Waals surface area contributed by atoms with Crippen molar-refractivity contribution in [1.82, 2.24) is 5.32 Å². The van der Waals surface area contributed by atoms with Gasteiger partial charge in [0.1, 0.15) is 12.4 Å². The lowest BCUT2D eigenvalue weighted by atomic mass is 10.0. The van der Waals surface area contributed by atoms with Crippen LogP contribution in [-0.2, 0) is 0 Å². The van der Waals surface area contributed by atoms with Crippen LogP contribution >= 0.6 is 0 Å². The predicted octanol–water partition coefficient (Wildman–Crippen LogP) is 4.86. The number of nitrogens with one attached hydrogen (secondary N) is 1. The number of ether oxygens (including phenoxy) is 1. The van der Waals surface area contributed by atoms with Gasteiger partial charge < -0.3 is 10.1 Å². The molecular formula is C23H23NO2. The molecule has 3 nitrogen and oxygen atoms in total. The Hall–Kier alpha value is -3.07. The summed E-state index contributed by atoms with van der Waals surface area (Å²) in [5, 5.41) is 2.97. The fourth-order valence-corrected chi connectivity index (χ4v) is 2.65. The summed E-state index contributed by atoms with van der Waals surface area (Å²) in [7, 11) is 0. The van der Waals surface area contributed by atoms with Gasteiger partial charge in [0, 0.05) is 5.56 Å². The molecule has 3 heteroatoms. The van der Waals surface area contributed by atoms with Gasteiger partial charge in [-0.1, -0.05) is 60.2 Å². The molecule has 3 rings (SSSR count). The molecule has 1 atom stereocenters. The Morgan fingerprint density at radius 2 is 1.50 bits per heavy atom. The molecule has 0 spiro atoms. The minimum Gasteiger partial charge on any atom is -0.491 e. The van der Waals surface area contributed by atoms with E-state index in [1.807, 2.05) is 80.6 Å². The quantitative estimate of drug-likeness (QED) is 0.693. The monoisotopic (exact) mass is 345 g/mol. The van der Waals surface area contributed by atoms with Crippen LogP contribution in [0, 0.1) is 6.92 Å². The van der Waals surface area contributed by atoms with Gasteiger partial charge in [0.25, 0.3) is 5.91 Å². The minimum atomic E-state index is -0.0929. The Morgan fingerprint density at radius 1 is 0.885 bits per heavy atom. The summed E-state index contributed by atoms with van der Waals surface area (Å²) in [6, 6.07) is 25.6. The van der Waals surface area contributed by atoms with Crippen molar-refractivity contribution in [1.29, 1.82) is 0 Å². The van der Waals surface area contributed by atoms with Crippen LogP contribution in [0.25, 0.3) is 11.1 Å². The topological polar surface area (TPSA) is 38.3 Å². The van der Waals surface area contributed by atoms with Crippen LogP contribution in [-0.4, -0.2) is 18.6 Å². The molecule has 0 aliphatic rings. The van der Waals surface area contributed by atoms with Crippen molar-refractivity contribution < 1.29 is 9.53 Å². The summed E-state index contributed by atoms with van der Waals surface area (Å²) >= 11 is 0. The van der Waals surface area contributed by atoms with Gasteiger partial charge in [-0.05, 0) is 49.2 Å². The van der Waals surface area contributed by atoms with Crippen molar-refractivity contribution in [3.8, 4) is 16.9 Å². The summed E-state index contributed by atoms with van der Waals surface area (Å²) in [6.45, 7) is 4.40. The summed E-state index contributed by atoms with van der Waals surface area (Å²) in [5.41, 5.74) is 4.07. The zero-order valence-corrected chi connectivity index (χ0v) is 15.1. The fourth-order valence-electron chi connectivity index (χ4n) is 2.65. The molecule has 3 aromatic rings. The van der Waals surface area contributed by atoms with E-state index in [-0.39, 0.29) is 11.9 Å². The van der Waals surface area contributed by atoms with E-state index in [4.69, 9.17) is 4.74 Å². The van der Waals surface area contributed by atoms with Crippen molar-refractivity contribution >= 4 is 5.91 Å². The molecule has 1 unspecified atom stereocenters. The van der Waals surface area contributed by atoms with Crippen LogP contribution in [0.3, 0.4) is 0 Å². The second kappa shape index (κ2) is 8.34. The Kier molecular flexibility index (Phi) is 5.69. The normalized spacial score (nSPS) is 11.6. The van der Waals surface area contributed by atoms with Crippen LogP contribution in [0.1, 0.15) is 22.8 Å². The average molecular weight is 345 g/mol. The van der Waals surface area contributed by atoms with Gasteiger partial charge in [-0.2, -0.15) is 0 Å². The largest absolute Gasteiger partial charge is 0.491 e. The van der Waals surface area contributed by atoms with Crippen molar-refractivity contribution in [2.45, 2.75) is 19.9 Å². The molecule has 0 radical (unpaired) electrons. The van der Waals surface area contributed by atoms with Crippen molar-refractivity contribution in [3.63, 3.8) is 0 Å². The second-order valence-corrected chi connectivity index (χ2v) is 6.44. The van der Waals surface area contributed by atoms with E-state index >= 15 is 0 Å². The second-order valence-electron chi connectivity index (χ2n) is 6.44. The molecule has 0 aliphatic carbocycles. The van der Waals surface area contributed by atoms with Crippen LogP contribution < -0.4 is 10.1 Å². The van der Waals surface area contributed by atoms with Crippen LogP contribution in [0.15, 0.2) is 78.9 Å². The van der Waals surface area contributed by atoms with Gasteiger partial charge in [0.15, 0.2) is 0 Å². The summed E-state index contributed by atoms with van der Waals surface area (Å²) in [6.07, 6.45) is 0. The molecule has 132 valence electrons. The number of carbonyl (C=O) groups excluding carboxylic acids is 1. The third-order valence-corrected chi connectivity index (χ3v) is 4.15. The summed E-state index contributed by atoms with van der Waals surface area (Å²) in [4.78, 5) is 12.4. The molecule has 3 aromatic carbocycles. The maximum absolute atomic E-state index is 12.4. The number of rotatable bonds is 6. The van der Waals surface area contributed by atoms with Gasteiger partial charge in [0.2, 0.25) is 0 Å². The first-order chi connectivity index (χ1) is 12.6. The zero-order chi connectivity index (χ0) is 18.4. The maximum atomic E-state index is 12.4. The number of carbonyl (C=O) groups is 1. The molecule has 0 fully saturated rings. The number of hydrogen-bond donors (Lipinski definition) is 1. The van der Waals surface area contributed by atoms with Gasteiger partial charge in [-0.15, -0.1) is 0 Å². The number of amides is 1. The van der Waals surface area contributed by atoms with E-state index in [1.54, 1.807) is 0 Å². The average Bonchev–Trinajstić information content (AvgIpc) is 2.68. The lowest BCUT2D eigenvalue weighted by molar-refractivity contribution is 0.0926. The molecule has 0 heterocycles. The third-order valence-electron chi connectivity index (χ3n) is 4.15. The van der Waals surface area contributed by atoms with E-state index < -0.39 is 0 Å². The molecule has 1 N–H and O–H groups in total. The fraction of sp³-hybridized carbons (Fsp3) is 0.174. The highest BCUT2D eigenvalue weighted by Gasteiger charge is 2.10. The Labute approximate surface area is 154 Å². The first-order valence-electron chi connectivity index (χ1n) is 8.77. The van der Waals surface area contributed by atoms with Gasteiger partial charge >= 0.3 is 0 Å². The molecule has 0 saturated carbocycles. The van der Waals surface area contributed by atoms with Crippen LogP contribution in [0.5, 0.6) is 5.75 Å². The Balaban J connectivity index is 1.54. The molecule has 1 amide bonds. The molecule has 26 heavy (non-hydrogen) atoms. The Morgan fingerprint density at radius 3 is 2.15 bits per heavy atom. The third kappa shape index (κ3) is 4.73. The molecule has 0 saturated heterocycles. The Bertz CT molecular complexity index is 840. The van der Waals surface area contributed by atoms with E-state index in [0.29, 0.717) is 12.2 Å². The number of aryl methyl sites for hydroxylation is 1. The number of benzene rings is 3. The first kappa shape index (κ1) is 17.7. The highest BCUT2D eigenvalue weighted by Crippen LogP contribution is 2.19. The molecule has 0 aromatic heterocycles. The standard InChI is InChI=1S/C23H23NO2/c1-17-8-14-22(15-9-17)26-16-18(2)24-23(25)21-12-10-20(11-13-21)19-6-4-3-5-7-19/h3-15,18H,16H2,1-2H3,(H,24,25). The van der Waals surface area contributed by atoms with Crippen LogP contribution in [0.4, 0.5) is 0 Å². The van der Waals surface area contributed by atoms with Gasteiger partial charge in [-0.25, -0.2) is 0 Å². The first-order valence-corrected chi connectivity index (χ1v) is 8.77. The smallest absolute Gasteiger partial charge is 0.251 e. The SMILES string of the molecule is Cc1ccc(OCC(C)NC(=O)c2ccc(-c3ccccc3)cc2)cc1. The maximum Gasteiger partial charge on any atom is 0.251 e. The van der Waals surface area contributed by atoms with E-state index in [0.717, 1.165) is 16.9 Å². The van der Waals surface area contributed by atoms with E-state index in [1.165, 1.54) is 5.56 Å². The van der Waals surface area contributed by atoms with E-state index in [2.05, 4.69) is 17.4 Å². The molecule has 0 bridgehead atoms. The van der Waals surface area contributed by atoms with Crippen molar-refractivity contribution in [2.24, 2.45) is 0 Å². The number of hydrogen-bond acceptors (Lipinski definition) is 2. The van der Waals surface area contributed by atoms with Crippen LogP contribution in [0.2, 0.25) is 0 Å².